The van der Waals surface area contributed by atoms with Crippen LogP contribution in [0, 0.1) is 11.8 Å². The van der Waals surface area contributed by atoms with Crippen LogP contribution < -0.4 is 10.6 Å². The molecule has 2 N–H and O–H groups in total. The van der Waals surface area contributed by atoms with Crippen LogP contribution >= 0.6 is 11.3 Å². The van der Waals surface area contributed by atoms with Crippen LogP contribution in [-0.2, 0) is 11.3 Å². The number of halogens is 1. The van der Waals surface area contributed by atoms with Crippen LogP contribution in [0.25, 0.3) is 0 Å². The minimum atomic E-state index is -0.221. The Bertz CT molecular complexity index is 686. The zero-order valence-corrected chi connectivity index (χ0v) is 15.4. The van der Waals surface area contributed by atoms with Crippen molar-refractivity contribution in [3.63, 3.8) is 0 Å². The molecule has 0 saturated carbocycles. The van der Waals surface area contributed by atoms with Crippen LogP contribution in [0.5, 0.6) is 0 Å². The number of anilines is 1. The van der Waals surface area contributed by atoms with Crippen molar-refractivity contribution in [3.05, 3.63) is 23.1 Å². The number of thiazole rings is 1. The average molecular weight is 365 g/mol. The van der Waals surface area contributed by atoms with E-state index < -0.39 is 0 Å². The smallest absolute Gasteiger partial charge is 0.223 e. The fourth-order valence-electron chi connectivity index (χ4n) is 3.36. The van der Waals surface area contributed by atoms with E-state index in [0.717, 1.165) is 43.2 Å². The van der Waals surface area contributed by atoms with Gasteiger partial charge < -0.3 is 10.6 Å². The second-order valence-corrected chi connectivity index (χ2v) is 7.79. The lowest BCUT2D eigenvalue weighted by atomic mass is 9.85. The maximum Gasteiger partial charge on any atom is 0.223 e. The van der Waals surface area contributed by atoms with Crippen LogP contribution in [0.2, 0.25) is 0 Å². The van der Waals surface area contributed by atoms with E-state index >= 15 is 0 Å². The molecule has 3 heterocycles. The number of likely N-dealkylation sites (tertiary alicyclic amines) is 1. The van der Waals surface area contributed by atoms with Gasteiger partial charge in [-0.05, 0) is 25.3 Å². The van der Waals surface area contributed by atoms with Crippen molar-refractivity contribution in [1.82, 2.24) is 15.2 Å². The molecule has 0 bridgehead atoms. The van der Waals surface area contributed by atoms with Gasteiger partial charge in [0.2, 0.25) is 5.91 Å². The minimum absolute atomic E-state index is 0.0981. The molecular weight excluding hydrogens is 341 g/mol. The lowest BCUT2D eigenvalue weighted by Crippen LogP contribution is -2.42. The minimum Gasteiger partial charge on any atom is -0.348 e. The van der Waals surface area contributed by atoms with E-state index in [1.165, 1.54) is 24.5 Å². The molecule has 25 heavy (non-hydrogen) atoms. The molecule has 1 amide bonds. The SMILES string of the molecule is CC(=O)Nc1ncc(CN2CCC[C@H]([C@@H](C)C3=NCC(F)=CN3)C2)s1. The number of nitrogens with one attached hydrogen (secondary N) is 2. The Hall–Kier alpha value is -1.80. The number of aliphatic imine (C=N–C) groups is 1. The maximum absolute atomic E-state index is 13.1. The zero-order valence-electron chi connectivity index (χ0n) is 14.6. The van der Waals surface area contributed by atoms with Crippen molar-refractivity contribution in [2.45, 2.75) is 33.2 Å². The summed E-state index contributed by atoms with van der Waals surface area (Å²) in [5.74, 6) is 1.35. The standard InChI is InChI=1S/C17H24FN5OS/c1-11(16-19-6-14(18)7-20-16)13-4-3-5-23(9-13)10-15-8-21-17(25-15)22-12(2)24/h6,8,11,13H,3-5,7,9-10H2,1-2H3,(H,19,20)(H,21,22,24)/t11-,13+/m1/s1. The van der Waals surface area contributed by atoms with Gasteiger partial charge in [-0.25, -0.2) is 9.37 Å². The normalized spacial score (nSPS) is 22.6. The summed E-state index contributed by atoms with van der Waals surface area (Å²) in [7, 11) is 0. The second kappa shape index (κ2) is 8.05. The molecule has 0 aliphatic carbocycles. The largest absolute Gasteiger partial charge is 0.348 e. The van der Waals surface area contributed by atoms with Gasteiger partial charge in [0.25, 0.3) is 0 Å². The van der Waals surface area contributed by atoms with Gasteiger partial charge in [-0.1, -0.05) is 6.92 Å². The third-order valence-corrected chi connectivity index (χ3v) is 5.57. The molecule has 0 spiro atoms. The number of hydrogen-bond donors (Lipinski definition) is 2. The summed E-state index contributed by atoms with van der Waals surface area (Å²) < 4.78 is 13.1. The molecule has 136 valence electrons. The van der Waals surface area contributed by atoms with E-state index in [0.29, 0.717) is 11.0 Å². The molecule has 2 aliphatic rings. The highest BCUT2D eigenvalue weighted by atomic mass is 32.1. The quantitative estimate of drug-likeness (QED) is 0.842. The number of amidine groups is 1. The van der Waals surface area contributed by atoms with E-state index in [1.54, 1.807) is 0 Å². The lowest BCUT2D eigenvalue weighted by Gasteiger charge is -2.36. The summed E-state index contributed by atoms with van der Waals surface area (Å²) in [6.07, 6.45) is 5.55. The van der Waals surface area contributed by atoms with Crippen LogP contribution in [0.1, 0.15) is 31.6 Å². The number of carbonyl (C=O) groups excluding carboxylic acids is 1. The molecule has 8 heteroatoms. The first-order valence-electron chi connectivity index (χ1n) is 8.61. The zero-order chi connectivity index (χ0) is 17.8. The maximum atomic E-state index is 13.1. The van der Waals surface area contributed by atoms with E-state index in [1.807, 2.05) is 6.20 Å². The van der Waals surface area contributed by atoms with Crippen molar-refractivity contribution in [3.8, 4) is 0 Å². The summed E-state index contributed by atoms with van der Waals surface area (Å²) in [4.78, 5) is 23.2. The van der Waals surface area contributed by atoms with Gasteiger partial charge >= 0.3 is 0 Å². The molecule has 2 atom stereocenters. The third-order valence-electron chi connectivity index (χ3n) is 4.67. The number of aromatic nitrogens is 1. The Kier molecular flexibility index (Phi) is 5.80. The highest BCUT2D eigenvalue weighted by Gasteiger charge is 2.28. The van der Waals surface area contributed by atoms with E-state index in [4.69, 9.17) is 0 Å². The number of nitrogens with zero attached hydrogens (tertiary/aromatic N) is 3. The second-order valence-electron chi connectivity index (χ2n) is 6.68. The first-order chi connectivity index (χ1) is 12.0. The fourth-order valence-corrected chi connectivity index (χ4v) is 4.26. The Morgan fingerprint density at radius 2 is 2.44 bits per heavy atom. The first-order valence-corrected chi connectivity index (χ1v) is 9.43. The van der Waals surface area contributed by atoms with Gasteiger partial charge in [0.15, 0.2) is 5.13 Å². The molecule has 0 unspecified atom stereocenters. The summed E-state index contributed by atoms with van der Waals surface area (Å²) in [6.45, 7) is 6.69. The Morgan fingerprint density at radius 1 is 1.60 bits per heavy atom. The van der Waals surface area contributed by atoms with Gasteiger partial charge in [-0.15, -0.1) is 11.3 Å². The molecule has 1 saturated heterocycles. The summed E-state index contributed by atoms with van der Waals surface area (Å²) in [5, 5.41) is 6.38. The number of piperidine rings is 1. The summed E-state index contributed by atoms with van der Waals surface area (Å²) in [6, 6.07) is 0. The topological polar surface area (TPSA) is 69.6 Å². The number of amides is 1. The molecule has 0 radical (unpaired) electrons. The van der Waals surface area contributed by atoms with Crippen molar-refractivity contribution < 1.29 is 9.18 Å². The molecule has 0 aromatic carbocycles. The Labute approximate surface area is 151 Å². The summed E-state index contributed by atoms with van der Waals surface area (Å²) in [5.41, 5.74) is 0. The van der Waals surface area contributed by atoms with Gasteiger partial charge in [0.1, 0.15) is 11.7 Å². The highest BCUT2D eigenvalue weighted by molar-refractivity contribution is 7.15. The van der Waals surface area contributed by atoms with Gasteiger partial charge in [0, 0.05) is 43.2 Å². The Morgan fingerprint density at radius 3 is 3.16 bits per heavy atom. The lowest BCUT2D eigenvalue weighted by molar-refractivity contribution is -0.114. The predicted octanol–water partition coefficient (Wildman–Crippen LogP) is 2.76. The fraction of sp³-hybridized carbons (Fsp3) is 0.588. The van der Waals surface area contributed by atoms with E-state index in [9.17, 15) is 9.18 Å². The average Bonchev–Trinajstić information content (AvgIpc) is 3.01. The van der Waals surface area contributed by atoms with Gasteiger partial charge in [0.05, 0.1) is 6.54 Å². The van der Waals surface area contributed by atoms with Gasteiger partial charge in [-0.3, -0.25) is 14.7 Å². The third kappa shape index (κ3) is 4.85. The molecule has 1 aromatic heterocycles. The van der Waals surface area contributed by atoms with Crippen molar-refractivity contribution in [2.24, 2.45) is 16.8 Å². The van der Waals surface area contributed by atoms with Crippen molar-refractivity contribution in [2.75, 3.05) is 25.0 Å². The molecule has 1 aromatic rings. The highest BCUT2D eigenvalue weighted by Crippen LogP contribution is 2.28. The number of carbonyl (C=O) groups is 1. The van der Waals surface area contributed by atoms with Crippen molar-refractivity contribution >= 4 is 28.2 Å². The molecular formula is C17H24FN5OS. The number of rotatable bonds is 5. The number of hydrogen-bond acceptors (Lipinski definition) is 6. The van der Waals surface area contributed by atoms with Crippen LogP contribution in [0.3, 0.4) is 0 Å². The monoisotopic (exact) mass is 365 g/mol. The van der Waals surface area contributed by atoms with Gasteiger partial charge in [-0.2, -0.15) is 0 Å². The predicted molar refractivity (Wildman–Crippen MR) is 98.2 cm³/mol. The van der Waals surface area contributed by atoms with Crippen LogP contribution in [0.4, 0.5) is 9.52 Å². The molecule has 1 fully saturated rings. The van der Waals surface area contributed by atoms with E-state index in [2.05, 4.69) is 32.4 Å². The molecule has 2 aliphatic heterocycles. The molecule has 6 nitrogen and oxygen atoms in total. The first kappa shape index (κ1) is 18.0. The van der Waals surface area contributed by atoms with Crippen molar-refractivity contribution in [1.29, 1.82) is 0 Å². The summed E-state index contributed by atoms with van der Waals surface area (Å²) >= 11 is 1.52. The van der Waals surface area contributed by atoms with Crippen LogP contribution in [0.15, 0.2) is 23.2 Å². The Balaban J connectivity index is 1.56. The molecule has 3 rings (SSSR count). The van der Waals surface area contributed by atoms with Crippen LogP contribution in [-0.4, -0.2) is 41.3 Å². The van der Waals surface area contributed by atoms with E-state index in [-0.39, 0.29) is 24.2 Å².